The number of halogens is 1. The van der Waals surface area contributed by atoms with Gasteiger partial charge < -0.3 is 14.8 Å². The summed E-state index contributed by atoms with van der Waals surface area (Å²) in [4.78, 5) is 4.63. The first-order valence-electron chi connectivity index (χ1n) is 6.66. The van der Waals surface area contributed by atoms with Crippen molar-refractivity contribution in [2.24, 2.45) is 0 Å². The number of nitrogens with zero attached hydrogens (tertiary/aromatic N) is 1. The van der Waals surface area contributed by atoms with Gasteiger partial charge in [-0.3, -0.25) is 0 Å². The number of rotatable bonds is 3. The molecule has 110 valence electrons. The maximum absolute atomic E-state index is 5.41. The molecule has 0 saturated heterocycles. The molecule has 0 bridgehead atoms. The van der Waals surface area contributed by atoms with Crippen LogP contribution in [-0.4, -0.2) is 11.8 Å². The summed E-state index contributed by atoms with van der Waals surface area (Å²) in [6.45, 7) is 0.287. The van der Waals surface area contributed by atoms with E-state index in [-0.39, 0.29) is 6.79 Å². The van der Waals surface area contributed by atoms with E-state index in [1.54, 1.807) is 11.3 Å². The van der Waals surface area contributed by atoms with E-state index < -0.39 is 0 Å². The Morgan fingerprint density at radius 3 is 2.73 bits per heavy atom. The van der Waals surface area contributed by atoms with Crippen molar-refractivity contribution in [1.29, 1.82) is 0 Å². The van der Waals surface area contributed by atoms with Crippen LogP contribution in [0.5, 0.6) is 11.5 Å². The van der Waals surface area contributed by atoms with Crippen LogP contribution in [0.2, 0.25) is 0 Å². The minimum absolute atomic E-state index is 0.287. The zero-order valence-electron chi connectivity index (χ0n) is 11.4. The van der Waals surface area contributed by atoms with Gasteiger partial charge in [-0.2, -0.15) is 0 Å². The van der Waals surface area contributed by atoms with Crippen molar-refractivity contribution in [1.82, 2.24) is 4.98 Å². The van der Waals surface area contributed by atoms with Crippen molar-refractivity contribution in [2.75, 3.05) is 12.1 Å². The fraction of sp³-hybridized carbons (Fsp3) is 0.0625. The number of ether oxygens (including phenoxy) is 2. The van der Waals surface area contributed by atoms with Crippen LogP contribution in [0.25, 0.3) is 11.3 Å². The molecule has 0 amide bonds. The number of fused-ring (bicyclic) bond motifs is 1. The minimum atomic E-state index is 0.287. The molecule has 2 heterocycles. The third-order valence-corrected chi connectivity index (χ3v) is 4.74. The first-order chi connectivity index (χ1) is 10.8. The van der Waals surface area contributed by atoms with Crippen LogP contribution >= 0.6 is 33.9 Å². The Bertz CT molecular complexity index is 817. The maximum Gasteiger partial charge on any atom is 0.231 e. The monoisotopic (exact) mass is 422 g/mol. The first kappa shape index (κ1) is 13.8. The van der Waals surface area contributed by atoms with E-state index in [0.717, 1.165) is 33.6 Å². The summed E-state index contributed by atoms with van der Waals surface area (Å²) in [7, 11) is 0. The number of aromatic nitrogens is 1. The fourth-order valence-corrected chi connectivity index (χ4v) is 3.28. The zero-order valence-corrected chi connectivity index (χ0v) is 14.3. The van der Waals surface area contributed by atoms with Gasteiger partial charge in [-0.05, 0) is 65.1 Å². The summed E-state index contributed by atoms with van der Waals surface area (Å²) >= 11 is 3.87. The molecule has 1 aromatic heterocycles. The second-order valence-electron chi connectivity index (χ2n) is 4.74. The highest BCUT2D eigenvalue weighted by Gasteiger charge is 2.15. The quantitative estimate of drug-likeness (QED) is 0.611. The minimum Gasteiger partial charge on any atom is -0.454 e. The van der Waals surface area contributed by atoms with Crippen LogP contribution in [0.1, 0.15) is 0 Å². The molecule has 1 aliphatic rings. The van der Waals surface area contributed by atoms with E-state index >= 15 is 0 Å². The fourth-order valence-electron chi connectivity index (χ4n) is 2.18. The number of hydrogen-bond acceptors (Lipinski definition) is 5. The molecular formula is C16H11IN2O2S. The normalized spacial score (nSPS) is 12.4. The lowest BCUT2D eigenvalue weighted by Crippen LogP contribution is -1.92. The van der Waals surface area contributed by atoms with E-state index in [2.05, 4.69) is 45.0 Å². The number of nitrogens with one attached hydrogen (secondary N) is 1. The molecule has 0 atom stereocenters. The zero-order chi connectivity index (χ0) is 14.9. The molecular weight excluding hydrogens is 411 g/mol. The highest BCUT2D eigenvalue weighted by molar-refractivity contribution is 14.1. The number of benzene rings is 2. The lowest BCUT2D eigenvalue weighted by molar-refractivity contribution is 0.174. The molecule has 1 aliphatic heterocycles. The molecule has 0 saturated carbocycles. The molecule has 4 nitrogen and oxygen atoms in total. The van der Waals surface area contributed by atoms with Crippen LogP contribution in [-0.2, 0) is 0 Å². The van der Waals surface area contributed by atoms with Gasteiger partial charge in [0.05, 0.1) is 5.69 Å². The topological polar surface area (TPSA) is 43.4 Å². The molecule has 3 aromatic rings. The summed E-state index contributed by atoms with van der Waals surface area (Å²) in [5, 5.41) is 6.23. The third-order valence-electron chi connectivity index (χ3n) is 3.27. The van der Waals surface area contributed by atoms with Crippen LogP contribution in [0.3, 0.4) is 0 Å². The predicted molar refractivity (Wildman–Crippen MR) is 96.1 cm³/mol. The van der Waals surface area contributed by atoms with Gasteiger partial charge in [0.25, 0.3) is 0 Å². The largest absolute Gasteiger partial charge is 0.454 e. The molecule has 6 heteroatoms. The van der Waals surface area contributed by atoms with Crippen molar-refractivity contribution >= 4 is 44.7 Å². The Labute approximate surface area is 145 Å². The van der Waals surface area contributed by atoms with E-state index in [1.807, 2.05) is 35.7 Å². The summed E-state index contributed by atoms with van der Waals surface area (Å²) < 4.78 is 12.0. The lowest BCUT2D eigenvalue weighted by Gasteiger charge is -2.02. The Morgan fingerprint density at radius 2 is 1.86 bits per heavy atom. The maximum atomic E-state index is 5.41. The number of thiazole rings is 1. The predicted octanol–water partition coefficient (Wildman–Crippen LogP) is 4.89. The molecule has 0 fully saturated rings. The Balaban J connectivity index is 1.57. The molecule has 0 unspecified atom stereocenters. The van der Waals surface area contributed by atoms with Crippen LogP contribution in [0.4, 0.5) is 10.8 Å². The second kappa shape index (κ2) is 5.77. The smallest absolute Gasteiger partial charge is 0.231 e. The van der Waals surface area contributed by atoms with Gasteiger partial charge in [0, 0.05) is 20.2 Å². The second-order valence-corrected chi connectivity index (χ2v) is 6.84. The van der Waals surface area contributed by atoms with Crippen LogP contribution in [0.15, 0.2) is 47.8 Å². The Morgan fingerprint density at radius 1 is 1.05 bits per heavy atom. The van der Waals surface area contributed by atoms with Gasteiger partial charge in [0.2, 0.25) is 6.79 Å². The van der Waals surface area contributed by atoms with Crippen molar-refractivity contribution in [3.8, 4) is 22.8 Å². The molecule has 22 heavy (non-hydrogen) atoms. The van der Waals surface area contributed by atoms with Gasteiger partial charge in [-0.15, -0.1) is 11.3 Å². The molecule has 0 spiro atoms. The van der Waals surface area contributed by atoms with Gasteiger partial charge in [-0.1, -0.05) is 0 Å². The molecule has 0 radical (unpaired) electrons. The van der Waals surface area contributed by atoms with E-state index in [1.165, 1.54) is 3.57 Å². The standard InChI is InChI=1S/C16H11IN2O2S/c17-11-2-4-12(5-3-11)18-16-19-13(8-22-16)10-1-6-14-15(7-10)21-9-20-14/h1-8H,9H2,(H,18,19). The Kier molecular flexibility index (Phi) is 3.63. The Hall–Kier alpha value is -1.80. The molecule has 2 aromatic carbocycles. The highest BCUT2D eigenvalue weighted by atomic mass is 127. The third kappa shape index (κ3) is 2.76. The summed E-state index contributed by atoms with van der Waals surface area (Å²) in [5.41, 5.74) is 2.99. The average Bonchev–Trinajstić information content (AvgIpc) is 3.17. The van der Waals surface area contributed by atoms with Crippen molar-refractivity contribution in [3.05, 3.63) is 51.4 Å². The molecule has 4 rings (SSSR count). The van der Waals surface area contributed by atoms with Crippen LogP contribution in [0, 0.1) is 3.57 Å². The van der Waals surface area contributed by atoms with E-state index in [9.17, 15) is 0 Å². The van der Waals surface area contributed by atoms with Gasteiger partial charge in [0.1, 0.15) is 0 Å². The highest BCUT2D eigenvalue weighted by Crippen LogP contribution is 2.36. The summed E-state index contributed by atoms with van der Waals surface area (Å²) in [6, 6.07) is 14.1. The molecule has 1 N–H and O–H groups in total. The SMILES string of the molecule is Ic1ccc(Nc2nc(-c3ccc4c(c3)OCO4)cs2)cc1. The summed E-state index contributed by atoms with van der Waals surface area (Å²) in [6.07, 6.45) is 0. The van der Waals surface area contributed by atoms with Gasteiger partial charge in [0.15, 0.2) is 16.6 Å². The first-order valence-corrected chi connectivity index (χ1v) is 8.62. The van der Waals surface area contributed by atoms with Crippen LogP contribution < -0.4 is 14.8 Å². The lowest BCUT2D eigenvalue weighted by atomic mass is 10.1. The van der Waals surface area contributed by atoms with E-state index in [4.69, 9.17) is 9.47 Å². The van der Waals surface area contributed by atoms with Gasteiger partial charge in [-0.25, -0.2) is 4.98 Å². The number of anilines is 2. The van der Waals surface area contributed by atoms with E-state index in [0.29, 0.717) is 0 Å². The van der Waals surface area contributed by atoms with Crippen molar-refractivity contribution < 1.29 is 9.47 Å². The van der Waals surface area contributed by atoms with Crippen molar-refractivity contribution in [3.63, 3.8) is 0 Å². The van der Waals surface area contributed by atoms with Crippen molar-refractivity contribution in [2.45, 2.75) is 0 Å². The molecule has 0 aliphatic carbocycles. The summed E-state index contributed by atoms with van der Waals surface area (Å²) in [5.74, 6) is 1.56. The van der Waals surface area contributed by atoms with Gasteiger partial charge >= 0.3 is 0 Å². The average molecular weight is 422 g/mol. The number of hydrogen-bond donors (Lipinski definition) is 1.